The zero-order chi connectivity index (χ0) is 9.30. The summed E-state index contributed by atoms with van der Waals surface area (Å²) in [6.45, 7) is 3.15. The van der Waals surface area contributed by atoms with E-state index in [0.29, 0.717) is 0 Å². The molecule has 0 saturated carbocycles. The van der Waals surface area contributed by atoms with Gasteiger partial charge in [-0.05, 0) is 6.58 Å². The van der Waals surface area contributed by atoms with Crippen LogP contribution in [-0.4, -0.2) is 34.4 Å². The molecule has 0 spiro atoms. The van der Waals surface area contributed by atoms with E-state index in [1.54, 1.807) is 0 Å². The molecule has 0 radical (unpaired) electrons. The van der Waals surface area contributed by atoms with E-state index in [1.807, 2.05) is 0 Å². The highest BCUT2D eigenvalue weighted by Gasteiger charge is 2.44. The zero-order valence-electron chi connectivity index (χ0n) is 5.89. The van der Waals surface area contributed by atoms with Crippen LogP contribution in [0.2, 0.25) is 0 Å². The Balaban J connectivity index is 2.79. The number of hydrogen-bond acceptors (Lipinski definition) is 4. The van der Waals surface area contributed by atoms with Gasteiger partial charge in [-0.25, -0.2) is 9.59 Å². The number of hydrogen-bond donors (Lipinski definition) is 2. The van der Waals surface area contributed by atoms with Gasteiger partial charge in [-0.1, -0.05) is 0 Å². The topological polar surface area (TPSA) is 93.1 Å². The highest BCUT2D eigenvalue weighted by molar-refractivity contribution is 5.84. The van der Waals surface area contributed by atoms with Crippen molar-refractivity contribution >= 4 is 11.9 Å². The number of carbonyl (C=O) groups is 2. The van der Waals surface area contributed by atoms with Crippen LogP contribution in [0.4, 0.5) is 0 Å². The molecule has 1 aliphatic rings. The summed E-state index contributed by atoms with van der Waals surface area (Å²) in [6.07, 6.45) is -3.01. The van der Waals surface area contributed by atoms with Crippen molar-refractivity contribution in [1.29, 1.82) is 0 Å². The molecule has 2 unspecified atom stereocenters. The number of rotatable bonds is 2. The minimum Gasteiger partial charge on any atom is -0.478 e. The van der Waals surface area contributed by atoms with E-state index in [0.717, 1.165) is 0 Å². The van der Waals surface area contributed by atoms with E-state index in [-0.39, 0.29) is 5.95 Å². The van der Waals surface area contributed by atoms with Crippen molar-refractivity contribution < 1.29 is 29.3 Å². The molecule has 6 nitrogen and oxygen atoms in total. The van der Waals surface area contributed by atoms with E-state index in [9.17, 15) is 9.59 Å². The summed E-state index contributed by atoms with van der Waals surface area (Å²) < 4.78 is 9.00. The van der Waals surface area contributed by atoms with Crippen LogP contribution in [0.15, 0.2) is 12.5 Å². The molecule has 1 saturated heterocycles. The highest BCUT2D eigenvalue weighted by atomic mass is 16.7. The molecule has 0 aromatic heterocycles. The van der Waals surface area contributed by atoms with Gasteiger partial charge in [0.2, 0.25) is 12.2 Å². The van der Waals surface area contributed by atoms with E-state index >= 15 is 0 Å². The predicted molar refractivity (Wildman–Crippen MR) is 34.2 cm³/mol. The number of aliphatic carboxylic acids is 2. The monoisotopic (exact) mass is 174 g/mol. The van der Waals surface area contributed by atoms with Crippen LogP contribution in [0.5, 0.6) is 0 Å². The Hall–Kier alpha value is -1.72. The molecule has 66 valence electrons. The average Bonchev–Trinajstić information content (AvgIpc) is 2.31. The van der Waals surface area contributed by atoms with Crippen molar-refractivity contribution in [3.05, 3.63) is 12.5 Å². The Bertz CT molecular complexity index is 220. The molecule has 12 heavy (non-hydrogen) atoms. The van der Waals surface area contributed by atoms with Crippen LogP contribution in [0.3, 0.4) is 0 Å². The van der Waals surface area contributed by atoms with Crippen LogP contribution in [0.25, 0.3) is 0 Å². The quantitative estimate of drug-likeness (QED) is 0.581. The molecule has 2 N–H and O–H groups in total. The van der Waals surface area contributed by atoms with Crippen LogP contribution < -0.4 is 0 Å². The molecule has 1 aliphatic heterocycles. The SMILES string of the molecule is C=C1OC(C(=O)O)C(C(=O)O)O1. The van der Waals surface area contributed by atoms with Gasteiger partial charge in [0, 0.05) is 0 Å². The van der Waals surface area contributed by atoms with Crippen molar-refractivity contribution in [2.45, 2.75) is 12.2 Å². The summed E-state index contributed by atoms with van der Waals surface area (Å²) in [5, 5.41) is 16.9. The maximum atomic E-state index is 10.4. The largest absolute Gasteiger partial charge is 0.478 e. The van der Waals surface area contributed by atoms with Gasteiger partial charge >= 0.3 is 11.9 Å². The molecular formula is C6H6O6. The molecule has 0 aromatic carbocycles. The number of carboxylic acids is 2. The molecule has 0 bridgehead atoms. The van der Waals surface area contributed by atoms with Crippen molar-refractivity contribution in [3.63, 3.8) is 0 Å². The van der Waals surface area contributed by atoms with Gasteiger partial charge in [0.1, 0.15) is 0 Å². The summed E-state index contributed by atoms with van der Waals surface area (Å²) in [5.74, 6) is -3.06. The lowest BCUT2D eigenvalue weighted by molar-refractivity contribution is -0.156. The molecule has 6 heteroatoms. The summed E-state index contributed by atoms with van der Waals surface area (Å²) >= 11 is 0. The average molecular weight is 174 g/mol. The summed E-state index contributed by atoms with van der Waals surface area (Å²) in [6, 6.07) is 0. The first-order valence-corrected chi connectivity index (χ1v) is 3.00. The molecule has 0 amide bonds. The lowest BCUT2D eigenvalue weighted by Crippen LogP contribution is -2.36. The maximum Gasteiger partial charge on any atom is 0.349 e. The minimum absolute atomic E-state index is 0.283. The predicted octanol–water partition coefficient (Wildman–Crippen LogP) is -0.589. The first-order valence-electron chi connectivity index (χ1n) is 3.00. The first-order chi connectivity index (χ1) is 5.52. The Morgan fingerprint density at radius 3 is 1.75 bits per heavy atom. The van der Waals surface area contributed by atoms with E-state index in [4.69, 9.17) is 10.2 Å². The van der Waals surface area contributed by atoms with Gasteiger partial charge in [0.05, 0.1) is 0 Å². The molecule has 2 atom stereocenters. The van der Waals surface area contributed by atoms with Crippen molar-refractivity contribution in [2.24, 2.45) is 0 Å². The first kappa shape index (κ1) is 8.38. The Kier molecular flexibility index (Phi) is 1.90. The van der Waals surface area contributed by atoms with Crippen LogP contribution >= 0.6 is 0 Å². The van der Waals surface area contributed by atoms with E-state index in [2.05, 4.69) is 16.1 Å². The summed E-state index contributed by atoms with van der Waals surface area (Å²) in [4.78, 5) is 20.7. The third kappa shape index (κ3) is 1.31. The van der Waals surface area contributed by atoms with E-state index < -0.39 is 24.1 Å². The van der Waals surface area contributed by atoms with Gasteiger partial charge in [-0.2, -0.15) is 0 Å². The van der Waals surface area contributed by atoms with Crippen LogP contribution in [0, 0.1) is 0 Å². The lowest BCUT2D eigenvalue weighted by Gasteiger charge is -2.05. The molecule has 1 heterocycles. The fraction of sp³-hybridized carbons (Fsp3) is 0.333. The van der Waals surface area contributed by atoms with Gasteiger partial charge in [0.25, 0.3) is 5.95 Å². The Morgan fingerprint density at radius 2 is 1.50 bits per heavy atom. The zero-order valence-corrected chi connectivity index (χ0v) is 5.89. The van der Waals surface area contributed by atoms with Crippen molar-refractivity contribution in [2.75, 3.05) is 0 Å². The Morgan fingerprint density at radius 1 is 1.17 bits per heavy atom. The smallest absolute Gasteiger partial charge is 0.349 e. The van der Waals surface area contributed by atoms with Crippen LogP contribution in [0.1, 0.15) is 0 Å². The summed E-state index contributed by atoms with van der Waals surface area (Å²) in [5.41, 5.74) is 0. The number of carboxylic acid groups (broad SMARTS) is 2. The lowest BCUT2D eigenvalue weighted by atomic mass is 10.2. The summed E-state index contributed by atoms with van der Waals surface area (Å²) in [7, 11) is 0. The Labute approximate surface area is 67.0 Å². The van der Waals surface area contributed by atoms with Gasteiger partial charge in [-0.15, -0.1) is 0 Å². The van der Waals surface area contributed by atoms with Gasteiger partial charge in [-0.3, -0.25) is 0 Å². The fourth-order valence-electron chi connectivity index (χ4n) is 0.794. The minimum atomic E-state index is -1.50. The molecule has 0 aromatic rings. The third-order valence-electron chi connectivity index (χ3n) is 1.28. The van der Waals surface area contributed by atoms with E-state index in [1.165, 1.54) is 0 Å². The number of ether oxygens (including phenoxy) is 2. The second-order valence-corrected chi connectivity index (χ2v) is 2.13. The van der Waals surface area contributed by atoms with Crippen molar-refractivity contribution in [1.82, 2.24) is 0 Å². The van der Waals surface area contributed by atoms with Gasteiger partial charge < -0.3 is 19.7 Å². The maximum absolute atomic E-state index is 10.4. The highest BCUT2D eigenvalue weighted by Crippen LogP contribution is 2.20. The normalized spacial score (nSPS) is 27.5. The molecule has 1 fully saturated rings. The second-order valence-electron chi connectivity index (χ2n) is 2.13. The second kappa shape index (κ2) is 2.72. The molecule has 0 aliphatic carbocycles. The van der Waals surface area contributed by atoms with Gasteiger partial charge in [0.15, 0.2) is 0 Å². The van der Waals surface area contributed by atoms with Crippen molar-refractivity contribution in [3.8, 4) is 0 Å². The van der Waals surface area contributed by atoms with Crippen LogP contribution in [-0.2, 0) is 19.1 Å². The third-order valence-corrected chi connectivity index (χ3v) is 1.28. The standard InChI is InChI=1S/C6H6O6/c1-2-11-3(5(7)8)4(12-2)6(9)10/h3-4H,1H2,(H,7,8)(H,9,10). The molecular weight excluding hydrogens is 168 g/mol. The molecule has 1 rings (SSSR count). The fourth-order valence-corrected chi connectivity index (χ4v) is 0.794.